The molecule has 23 heavy (non-hydrogen) atoms. The molecule has 1 aliphatic rings. The van der Waals surface area contributed by atoms with Crippen molar-refractivity contribution >= 4 is 17.5 Å². The predicted molar refractivity (Wildman–Crippen MR) is 90.4 cm³/mol. The second kappa shape index (κ2) is 9.11. The van der Waals surface area contributed by atoms with E-state index in [-0.39, 0.29) is 12.5 Å². The Kier molecular flexibility index (Phi) is 7.15. The summed E-state index contributed by atoms with van der Waals surface area (Å²) in [7, 11) is 0. The number of aryl methyl sites for hydroxylation is 2. The van der Waals surface area contributed by atoms with Crippen molar-refractivity contribution in [2.75, 3.05) is 46.0 Å². The molecule has 1 saturated heterocycles. The van der Waals surface area contributed by atoms with Crippen LogP contribution in [0.1, 0.15) is 17.5 Å². The Morgan fingerprint density at radius 1 is 1.30 bits per heavy atom. The first-order chi connectivity index (χ1) is 11.1. The number of hydrogen-bond acceptors (Lipinski definition) is 3. The van der Waals surface area contributed by atoms with E-state index < -0.39 is 0 Å². The fraction of sp³-hybridized carbons (Fsp3) is 0.588. The van der Waals surface area contributed by atoms with Crippen molar-refractivity contribution in [2.45, 2.75) is 20.3 Å². The second-order valence-corrected chi connectivity index (χ2v) is 6.35. The van der Waals surface area contributed by atoms with Gasteiger partial charge in [0.2, 0.25) is 0 Å². The summed E-state index contributed by atoms with van der Waals surface area (Å²) in [6.45, 7) is 9.45. The molecule has 0 atom stereocenters. The first-order valence-corrected chi connectivity index (χ1v) is 8.51. The number of hydrogen-bond donors (Lipinski definition) is 2. The van der Waals surface area contributed by atoms with Gasteiger partial charge in [-0.25, -0.2) is 0 Å². The Bertz CT molecular complexity index is 508. The molecule has 1 aromatic carbocycles. The van der Waals surface area contributed by atoms with Crippen molar-refractivity contribution in [3.8, 4) is 5.75 Å². The van der Waals surface area contributed by atoms with Crippen LogP contribution >= 0.6 is 11.6 Å². The number of rotatable bonds is 7. The SMILES string of the molecule is Cc1cc(OCC(=O)NCCC[NH+]2CCOCC2)cc(C)c1Cl. The summed E-state index contributed by atoms with van der Waals surface area (Å²) < 4.78 is 10.9. The van der Waals surface area contributed by atoms with Crippen molar-refractivity contribution in [3.05, 3.63) is 28.3 Å². The highest BCUT2D eigenvalue weighted by atomic mass is 35.5. The minimum Gasteiger partial charge on any atom is -0.484 e. The van der Waals surface area contributed by atoms with Crippen molar-refractivity contribution in [2.24, 2.45) is 0 Å². The maximum Gasteiger partial charge on any atom is 0.257 e. The normalized spacial score (nSPS) is 15.4. The van der Waals surface area contributed by atoms with E-state index in [4.69, 9.17) is 21.1 Å². The number of quaternary nitrogens is 1. The molecule has 0 bridgehead atoms. The fourth-order valence-corrected chi connectivity index (χ4v) is 2.77. The highest BCUT2D eigenvalue weighted by molar-refractivity contribution is 6.32. The van der Waals surface area contributed by atoms with Gasteiger partial charge in [0.1, 0.15) is 18.8 Å². The van der Waals surface area contributed by atoms with Crippen LogP contribution in [0.5, 0.6) is 5.75 Å². The van der Waals surface area contributed by atoms with Gasteiger partial charge in [-0.05, 0) is 37.1 Å². The third kappa shape index (κ3) is 6.01. The van der Waals surface area contributed by atoms with E-state index >= 15 is 0 Å². The van der Waals surface area contributed by atoms with Crippen LogP contribution in [0.15, 0.2) is 12.1 Å². The highest BCUT2D eigenvalue weighted by Gasteiger charge is 2.13. The van der Waals surface area contributed by atoms with Gasteiger partial charge in [-0.3, -0.25) is 4.79 Å². The Hall–Kier alpha value is -1.30. The van der Waals surface area contributed by atoms with Gasteiger partial charge in [-0.15, -0.1) is 0 Å². The maximum absolute atomic E-state index is 11.8. The highest BCUT2D eigenvalue weighted by Crippen LogP contribution is 2.25. The molecule has 2 N–H and O–H groups in total. The number of amides is 1. The molecule has 1 aromatic rings. The first-order valence-electron chi connectivity index (χ1n) is 8.14. The van der Waals surface area contributed by atoms with E-state index in [1.165, 1.54) is 0 Å². The molecule has 0 aromatic heterocycles. The van der Waals surface area contributed by atoms with Crippen LogP contribution in [0, 0.1) is 13.8 Å². The van der Waals surface area contributed by atoms with Gasteiger partial charge in [0.25, 0.3) is 5.91 Å². The molecule has 0 radical (unpaired) electrons. The van der Waals surface area contributed by atoms with Crippen LogP contribution in [-0.2, 0) is 9.53 Å². The van der Waals surface area contributed by atoms with Crippen LogP contribution in [0.25, 0.3) is 0 Å². The van der Waals surface area contributed by atoms with E-state index in [0.717, 1.165) is 55.4 Å². The predicted octanol–water partition coefficient (Wildman–Crippen LogP) is 0.757. The smallest absolute Gasteiger partial charge is 0.257 e. The van der Waals surface area contributed by atoms with E-state index in [1.807, 2.05) is 26.0 Å². The lowest BCUT2D eigenvalue weighted by Crippen LogP contribution is -3.14. The van der Waals surface area contributed by atoms with Crippen LogP contribution < -0.4 is 15.0 Å². The second-order valence-electron chi connectivity index (χ2n) is 5.98. The third-order valence-corrected chi connectivity index (χ3v) is 4.61. The third-order valence-electron chi connectivity index (χ3n) is 4.01. The molecule has 1 amide bonds. The lowest BCUT2D eigenvalue weighted by molar-refractivity contribution is -0.908. The van der Waals surface area contributed by atoms with Crippen molar-refractivity contribution in [1.82, 2.24) is 5.32 Å². The Morgan fingerprint density at radius 3 is 2.61 bits per heavy atom. The molecule has 1 heterocycles. The van der Waals surface area contributed by atoms with Crippen LogP contribution in [0.2, 0.25) is 5.02 Å². The topological polar surface area (TPSA) is 52.0 Å². The molecule has 5 nitrogen and oxygen atoms in total. The van der Waals surface area contributed by atoms with E-state index in [2.05, 4.69) is 5.32 Å². The number of carbonyl (C=O) groups excluding carboxylic acids is 1. The number of morpholine rings is 1. The zero-order valence-corrected chi connectivity index (χ0v) is 14.7. The summed E-state index contributed by atoms with van der Waals surface area (Å²) in [5.74, 6) is 0.588. The maximum atomic E-state index is 11.8. The van der Waals surface area contributed by atoms with E-state index in [9.17, 15) is 4.79 Å². The zero-order chi connectivity index (χ0) is 16.7. The van der Waals surface area contributed by atoms with Crippen molar-refractivity contribution in [1.29, 1.82) is 0 Å². The molecule has 1 fully saturated rings. The molecule has 0 unspecified atom stereocenters. The monoisotopic (exact) mass is 341 g/mol. The molecule has 6 heteroatoms. The van der Waals surface area contributed by atoms with E-state index in [0.29, 0.717) is 12.3 Å². The summed E-state index contributed by atoms with van der Waals surface area (Å²) in [5.41, 5.74) is 1.91. The molecule has 1 aliphatic heterocycles. The quantitative estimate of drug-likeness (QED) is 0.720. The van der Waals surface area contributed by atoms with Gasteiger partial charge in [0, 0.05) is 18.0 Å². The van der Waals surface area contributed by atoms with Gasteiger partial charge in [0.15, 0.2) is 6.61 Å². The number of halogens is 1. The van der Waals surface area contributed by atoms with E-state index in [1.54, 1.807) is 4.90 Å². The zero-order valence-electron chi connectivity index (χ0n) is 13.9. The Balaban J connectivity index is 1.63. The van der Waals surface area contributed by atoms with Gasteiger partial charge < -0.3 is 19.7 Å². The summed E-state index contributed by atoms with van der Waals surface area (Å²) in [6.07, 6.45) is 0.972. The first kappa shape index (κ1) is 18.0. The average Bonchev–Trinajstić information content (AvgIpc) is 2.55. The Morgan fingerprint density at radius 2 is 1.96 bits per heavy atom. The van der Waals surface area contributed by atoms with Gasteiger partial charge >= 0.3 is 0 Å². The van der Waals surface area contributed by atoms with Crippen LogP contribution in [-0.4, -0.2) is 51.9 Å². The van der Waals surface area contributed by atoms with Crippen LogP contribution in [0.3, 0.4) is 0 Å². The lowest BCUT2D eigenvalue weighted by Gasteiger charge is -2.23. The molecular weight excluding hydrogens is 316 g/mol. The fourth-order valence-electron chi connectivity index (χ4n) is 2.67. The minimum atomic E-state index is -0.0905. The summed E-state index contributed by atoms with van der Waals surface area (Å²) in [5, 5.41) is 3.64. The average molecular weight is 342 g/mol. The largest absolute Gasteiger partial charge is 0.484 e. The number of ether oxygens (including phenoxy) is 2. The molecule has 0 aliphatic carbocycles. The minimum absolute atomic E-state index is 0.0327. The number of carbonyl (C=O) groups is 1. The molecule has 128 valence electrons. The van der Waals surface area contributed by atoms with Crippen LogP contribution in [0.4, 0.5) is 0 Å². The number of benzene rings is 1. The van der Waals surface area contributed by atoms with Crippen molar-refractivity contribution in [3.63, 3.8) is 0 Å². The van der Waals surface area contributed by atoms with Crippen molar-refractivity contribution < 1.29 is 19.2 Å². The van der Waals surface area contributed by atoms with Gasteiger partial charge in [-0.1, -0.05) is 11.6 Å². The molecule has 0 spiro atoms. The molecular formula is C17H26ClN2O3+. The number of nitrogens with one attached hydrogen (secondary N) is 2. The summed E-state index contributed by atoms with van der Waals surface area (Å²) >= 11 is 6.12. The van der Waals surface area contributed by atoms with Gasteiger partial charge in [0.05, 0.1) is 19.8 Å². The summed E-state index contributed by atoms with van der Waals surface area (Å²) in [4.78, 5) is 13.4. The Labute approximate surface area is 142 Å². The lowest BCUT2D eigenvalue weighted by atomic mass is 10.1. The molecule has 2 rings (SSSR count). The van der Waals surface area contributed by atoms with Gasteiger partial charge in [-0.2, -0.15) is 0 Å². The summed E-state index contributed by atoms with van der Waals surface area (Å²) in [6, 6.07) is 3.70. The molecule has 0 saturated carbocycles. The standard InChI is InChI=1S/C17H25ClN2O3/c1-13-10-15(11-14(2)17(13)18)23-12-16(21)19-4-3-5-20-6-8-22-9-7-20/h10-11H,3-9,12H2,1-2H3,(H,19,21)/p+1.